The van der Waals surface area contributed by atoms with Crippen LogP contribution in [0, 0.1) is 0 Å². The van der Waals surface area contributed by atoms with Crippen LogP contribution >= 0.6 is 0 Å². The molecule has 0 radical (unpaired) electrons. The van der Waals surface area contributed by atoms with Gasteiger partial charge in [0.05, 0.1) is 13.2 Å². The molecule has 1 heterocycles. The molecule has 0 spiro atoms. The van der Waals surface area contributed by atoms with Crippen LogP contribution in [0.1, 0.15) is 44.8 Å². The van der Waals surface area contributed by atoms with Crippen molar-refractivity contribution in [2.24, 2.45) is 0 Å². The summed E-state index contributed by atoms with van der Waals surface area (Å²) in [4.78, 5) is 14.4. The first-order valence-electron chi connectivity index (χ1n) is 7.41. The average molecular weight is 276 g/mol. The second kappa shape index (κ2) is 6.75. The summed E-state index contributed by atoms with van der Waals surface area (Å²) in [6.45, 7) is 5.00. The van der Waals surface area contributed by atoms with E-state index in [2.05, 4.69) is 19.2 Å². The highest BCUT2D eigenvalue weighted by atomic mass is 16.5. The summed E-state index contributed by atoms with van der Waals surface area (Å²) in [5.41, 5.74) is 1.09. The molecule has 1 aromatic carbocycles. The molecule has 0 bridgehead atoms. The highest BCUT2D eigenvalue weighted by molar-refractivity contribution is 5.84. The van der Waals surface area contributed by atoms with E-state index in [1.165, 1.54) is 0 Å². The summed E-state index contributed by atoms with van der Waals surface area (Å²) >= 11 is 0. The van der Waals surface area contributed by atoms with Gasteiger partial charge in [-0.2, -0.15) is 0 Å². The first-order valence-corrected chi connectivity index (χ1v) is 7.41. The van der Waals surface area contributed by atoms with Gasteiger partial charge in [0.2, 0.25) is 5.91 Å². The summed E-state index contributed by atoms with van der Waals surface area (Å²) in [7, 11) is 1.66. The Hall–Kier alpha value is -1.55. The number of benzene rings is 1. The summed E-state index contributed by atoms with van der Waals surface area (Å²) in [6.07, 6.45) is 2.83. The summed E-state index contributed by atoms with van der Waals surface area (Å²) < 4.78 is 5.28. The van der Waals surface area contributed by atoms with Crippen LogP contribution in [0.5, 0.6) is 5.75 Å². The Balaban J connectivity index is 2.25. The van der Waals surface area contributed by atoms with E-state index in [1.807, 2.05) is 29.2 Å². The minimum Gasteiger partial charge on any atom is -0.497 e. The molecule has 1 amide bonds. The molecule has 110 valence electrons. The fraction of sp³-hybridized carbons (Fsp3) is 0.562. The maximum Gasteiger partial charge on any atom is 0.241 e. The number of methoxy groups -OCH3 is 1. The highest BCUT2D eigenvalue weighted by Gasteiger charge is 2.38. The van der Waals surface area contributed by atoms with Gasteiger partial charge in [-0.1, -0.05) is 32.4 Å². The summed E-state index contributed by atoms with van der Waals surface area (Å²) in [6, 6.07) is 7.89. The Morgan fingerprint density at radius 1 is 1.30 bits per heavy atom. The van der Waals surface area contributed by atoms with Crippen molar-refractivity contribution in [2.75, 3.05) is 13.7 Å². The predicted octanol–water partition coefficient (Wildman–Crippen LogP) is 2.70. The second-order valence-corrected chi connectivity index (χ2v) is 5.22. The molecule has 1 aliphatic heterocycles. The highest BCUT2D eigenvalue weighted by Crippen LogP contribution is 2.29. The lowest BCUT2D eigenvalue weighted by Crippen LogP contribution is -2.31. The summed E-state index contributed by atoms with van der Waals surface area (Å²) in [5.74, 6) is 1.05. The molecule has 1 aromatic rings. The molecule has 2 atom stereocenters. The lowest BCUT2D eigenvalue weighted by Gasteiger charge is -2.24. The largest absolute Gasteiger partial charge is 0.497 e. The third-order valence-electron chi connectivity index (χ3n) is 3.70. The summed E-state index contributed by atoms with van der Waals surface area (Å²) in [5, 5.41) is 3.46. The predicted molar refractivity (Wildman–Crippen MR) is 79.6 cm³/mol. The SMILES string of the molecule is CCCC1NC(c2cccc(OC)c2)N(CCC)C1=O. The molecule has 0 aromatic heterocycles. The zero-order valence-electron chi connectivity index (χ0n) is 12.6. The minimum absolute atomic E-state index is 0.0332. The number of ether oxygens (including phenoxy) is 1. The molecule has 4 nitrogen and oxygen atoms in total. The average Bonchev–Trinajstić information content (AvgIpc) is 2.78. The van der Waals surface area contributed by atoms with Crippen LogP contribution in [0.2, 0.25) is 0 Å². The van der Waals surface area contributed by atoms with Crippen LogP contribution in [0.15, 0.2) is 24.3 Å². The molecule has 2 rings (SSSR count). The molecular weight excluding hydrogens is 252 g/mol. The lowest BCUT2D eigenvalue weighted by molar-refractivity contribution is -0.130. The van der Waals surface area contributed by atoms with Gasteiger partial charge in [0, 0.05) is 6.54 Å². The standard InChI is InChI=1S/C16H24N2O2/c1-4-7-14-16(19)18(10-5-2)15(17-14)12-8-6-9-13(11-12)20-3/h6,8-9,11,14-15,17H,4-5,7,10H2,1-3H3. The van der Waals surface area contributed by atoms with E-state index >= 15 is 0 Å². The van der Waals surface area contributed by atoms with Crippen molar-refractivity contribution in [1.82, 2.24) is 10.2 Å². The smallest absolute Gasteiger partial charge is 0.241 e. The van der Waals surface area contributed by atoms with Gasteiger partial charge in [-0.15, -0.1) is 0 Å². The Labute approximate surface area is 121 Å². The van der Waals surface area contributed by atoms with E-state index in [4.69, 9.17) is 4.74 Å². The van der Waals surface area contributed by atoms with Crippen molar-refractivity contribution < 1.29 is 9.53 Å². The van der Waals surface area contributed by atoms with Gasteiger partial charge < -0.3 is 9.64 Å². The van der Waals surface area contributed by atoms with Crippen LogP contribution in [-0.4, -0.2) is 30.5 Å². The maximum atomic E-state index is 12.5. The molecule has 1 fully saturated rings. The fourth-order valence-corrected chi connectivity index (χ4v) is 2.74. The van der Waals surface area contributed by atoms with E-state index in [9.17, 15) is 4.79 Å². The van der Waals surface area contributed by atoms with Crippen molar-refractivity contribution in [3.05, 3.63) is 29.8 Å². The van der Waals surface area contributed by atoms with Crippen molar-refractivity contribution >= 4 is 5.91 Å². The number of carbonyl (C=O) groups is 1. The number of rotatable bonds is 6. The normalized spacial score (nSPS) is 22.4. The Morgan fingerprint density at radius 2 is 2.10 bits per heavy atom. The first kappa shape index (κ1) is 14.9. The molecule has 1 N–H and O–H groups in total. The van der Waals surface area contributed by atoms with E-state index in [-0.39, 0.29) is 18.1 Å². The number of hydrogen-bond acceptors (Lipinski definition) is 3. The first-order chi connectivity index (χ1) is 9.71. The Kier molecular flexibility index (Phi) is 5.01. The topological polar surface area (TPSA) is 41.6 Å². The van der Waals surface area contributed by atoms with Crippen LogP contribution in [-0.2, 0) is 4.79 Å². The van der Waals surface area contributed by atoms with Gasteiger partial charge in [-0.25, -0.2) is 0 Å². The van der Waals surface area contributed by atoms with Crippen molar-refractivity contribution in [3.8, 4) is 5.75 Å². The molecule has 0 aliphatic carbocycles. The molecule has 1 aliphatic rings. The number of nitrogens with zero attached hydrogens (tertiary/aromatic N) is 1. The van der Waals surface area contributed by atoms with E-state index in [0.717, 1.165) is 37.1 Å². The van der Waals surface area contributed by atoms with E-state index in [0.29, 0.717) is 0 Å². The molecule has 4 heteroatoms. The van der Waals surface area contributed by atoms with Gasteiger partial charge in [0.1, 0.15) is 11.9 Å². The van der Waals surface area contributed by atoms with Gasteiger partial charge >= 0.3 is 0 Å². The number of nitrogens with one attached hydrogen (secondary N) is 1. The molecular formula is C16H24N2O2. The fourth-order valence-electron chi connectivity index (χ4n) is 2.74. The van der Waals surface area contributed by atoms with E-state index < -0.39 is 0 Å². The van der Waals surface area contributed by atoms with Crippen molar-refractivity contribution in [3.63, 3.8) is 0 Å². The van der Waals surface area contributed by atoms with Crippen LogP contribution < -0.4 is 10.1 Å². The molecule has 2 unspecified atom stereocenters. The van der Waals surface area contributed by atoms with Gasteiger partial charge in [0.25, 0.3) is 0 Å². The minimum atomic E-state index is -0.0530. The lowest BCUT2D eigenvalue weighted by atomic mass is 10.1. The Bertz CT molecular complexity index is 462. The third kappa shape index (κ3) is 2.96. The number of carbonyl (C=O) groups excluding carboxylic acids is 1. The molecule has 1 saturated heterocycles. The monoisotopic (exact) mass is 276 g/mol. The van der Waals surface area contributed by atoms with Gasteiger partial charge in [0.15, 0.2) is 0 Å². The zero-order valence-corrected chi connectivity index (χ0v) is 12.6. The van der Waals surface area contributed by atoms with Crippen LogP contribution in [0.25, 0.3) is 0 Å². The van der Waals surface area contributed by atoms with E-state index in [1.54, 1.807) is 7.11 Å². The third-order valence-corrected chi connectivity index (χ3v) is 3.70. The van der Waals surface area contributed by atoms with Gasteiger partial charge in [-0.05, 0) is 30.5 Å². The number of amides is 1. The number of hydrogen-bond donors (Lipinski definition) is 1. The van der Waals surface area contributed by atoms with Gasteiger partial charge in [-0.3, -0.25) is 10.1 Å². The van der Waals surface area contributed by atoms with Crippen LogP contribution in [0.3, 0.4) is 0 Å². The zero-order chi connectivity index (χ0) is 14.5. The molecule has 0 saturated carbocycles. The van der Waals surface area contributed by atoms with Crippen molar-refractivity contribution in [2.45, 2.75) is 45.3 Å². The van der Waals surface area contributed by atoms with Crippen LogP contribution in [0.4, 0.5) is 0 Å². The quantitative estimate of drug-likeness (QED) is 0.868. The molecule has 20 heavy (non-hydrogen) atoms. The Morgan fingerprint density at radius 3 is 2.75 bits per heavy atom. The maximum absolute atomic E-state index is 12.5. The van der Waals surface area contributed by atoms with Crippen molar-refractivity contribution in [1.29, 1.82) is 0 Å². The second-order valence-electron chi connectivity index (χ2n) is 5.22.